The molecule has 102 valence electrons. The maximum Gasteiger partial charge on any atom is 0.446 e. The first-order valence-electron chi connectivity index (χ1n) is 4.79. The fourth-order valence-electron chi connectivity index (χ4n) is 1.37. The number of rotatable bonds is 3. The Hall–Kier alpha value is -1.39. The molecule has 3 nitrogen and oxygen atoms in total. The lowest BCUT2D eigenvalue weighted by atomic mass is 10.0. The van der Waals surface area contributed by atoms with Gasteiger partial charge in [0.2, 0.25) is 0 Å². The Bertz CT molecular complexity index is 540. The van der Waals surface area contributed by atoms with Crippen LogP contribution in [0.1, 0.15) is 21.5 Å². The van der Waals surface area contributed by atoms with E-state index in [9.17, 15) is 18.0 Å². The molecule has 0 heterocycles. The lowest BCUT2D eigenvalue weighted by molar-refractivity contribution is -0.0328. The van der Waals surface area contributed by atoms with Gasteiger partial charge in [0.15, 0.2) is 0 Å². The highest BCUT2D eigenvalue weighted by molar-refractivity contribution is 8.00. The average molecular weight is 310 g/mol. The van der Waals surface area contributed by atoms with E-state index in [1.165, 1.54) is 0 Å². The quantitative estimate of drug-likeness (QED) is 0.485. The Kier molecular flexibility index (Phi) is 5.09. The summed E-state index contributed by atoms with van der Waals surface area (Å²) in [6, 6.07) is 3.78. The van der Waals surface area contributed by atoms with Gasteiger partial charge in [0.1, 0.15) is 0 Å². The number of nitriles is 1. The number of ether oxygens (including phenoxy) is 1. The predicted octanol–water partition coefficient (Wildman–Crippen LogP) is 3.70. The van der Waals surface area contributed by atoms with E-state index in [0.29, 0.717) is 0 Å². The SMILES string of the molecule is COC(=O)c1cc(SC(F)(F)F)cc(C#N)c1CCl. The first-order valence-corrected chi connectivity index (χ1v) is 6.14. The highest BCUT2D eigenvalue weighted by Crippen LogP contribution is 2.38. The topological polar surface area (TPSA) is 50.1 Å². The second-order valence-electron chi connectivity index (χ2n) is 3.28. The van der Waals surface area contributed by atoms with Crippen molar-refractivity contribution in [2.75, 3.05) is 7.11 Å². The van der Waals surface area contributed by atoms with Crippen LogP contribution in [0.5, 0.6) is 0 Å². The van der Waals surface area contributed by atoms with Gasteiger partial charge in [0.25, 0.3) is 0 Å². The Balaban J connectivity index is 3.39. The van der Waals surface area contributed by atoms with Gasteiger partial charge >= 0.3 is 11.5 Å². The Labute approximate surface area is 116 Å². The molecule has 0 N–H and O–H groups in total. The lowest BCUT2D eigenvalue weighted by Gasteiger charge is -2.11. The van der Waals surface area contributed by atoms with Gasteiger partial charge in [0, 0.05) is 10.8 Å². The van der Waals surface area contributed by atoms with Crippen LogP contribution in [0.2, 0.25) is 0 Å². The van der Waals surface area contributed by atoms with Crippen LogP contribution in [0, 0.1) is 11.3 Å². The van der Waals surface area contributed by atoms with Crippen molar-refractivity contribution < 1.29 is 22.7 Å². The zero-order valence-corrected chi connectivity index (χ0v) is 11.1. The molecule has 0 atom stereocenters. The molecule has 0 bridgehead atoms. The van der Waals surface area contributed by atoms with Crippen LogP contribution in [0.4, 0.5) is 13.2 Å². The molecule has 0 aliphatic heterocycles. The van der Waals surface area contributed by atoms with Gasteiger partial charge in [-0.15, -0.1) is 11.6 Å². The van der Waals surface area contributed by atoms with Gasteiger partial charge in [0.05, 0.1) is 24.3 Å². The predicted molar refractivity (Wildman–Crippen MR) is 64.0 cm³/mol. The van der Waals surface area contributed by atoms with Gasteiger partial charge < -0.3 is 4.74 Å². The van der Waals surface area contributed by atoms with Crippen molar-refractivity contribution in [2.45, 2.75) is 16.3 Å². The summed E-state index contributed by atoms with van der Waals surface area (Å²) in [5.74, 6) is -1.01. The molecule has 0 aromatic heterocycles. The molecule has 0 unspecified atom stereocenters. The van der Waals surface area contributed by atoms with Gasteiger partial charge in [-0.2, -0.15) is 18.4 Å². The fourth-order valence-corrected chi connectivity index (χ4v) is 2.28. The molecule has 0 fully saturated rings. The highest BCUT2D eigenvalue weighted by atomic mass is 35.5. The maximum absolute atomic E-state index is 12.3. The van der Waals surface area contributed by atoms with E-state index >= 15 is 0 Å². The lowest BCUT2D eigenvalue weighted by Crippen LogP contribution is -2.08. The molecule has 0 saturated heterocycles. The molecule has 1 aromatic rings. The number of nitrogens with zero attached hydrogens (tertiary/aromatic N) is 1. The monoisotopic (exact) mass is 309 g/mol. The van der Waals surface area contributed by atoms with Crippen molar-refractivity contribution in [2.24, 2.45) is 0 Å². The molecule has 8 heteroatoms. The third-order valence-corrected chi connectivity index (χ3v) is 3.09. The molecule has 1 aromatic carbocycles. The van der Waals surface area contributed by atoms with Crippen LogP contribution in [0.25, 0.3) is 0 Å². The summed E-state index contributed by atoms with van der Waals surface area (Å²) in [4.78, 5) is 11.2. The number of hydrogen-bond donors (Lipinski definition) is 0. The highest BCUT2D eigenvalue weighted by Gasteiger charge is 2.30. The van der Waals surface area contributed by atoms with Crippen LogP contribution in [-0.4, -0.2) is 18.6 Å². The van der Waals surface area contributed by atoms with Crippen LogP contribution in [-0.2, 0) is 10.6 Å². The molecule has 19 heavy (non-hydrogen) atoms. The normalized spacial score (nSPS) is 10.9. The average Bonchev–Trinajstić information content (AvgIpc) is 2.34. The molecule has 0 saturated carbocycles. The number of carbonyl (C=O) groups is 1. The van der Waals surface area contributed by atoms with E-state index in [4.69, 9.17) is 16.9 Å². The molecule has 0 aliphatic carbocycles. The van der Waals surface area contributed by atoms with Crippen molar-refractivity contribution in [3.05, 3.63) is 28.8 Å². The maximum atomic E-state index is 12.3. The molecule has 0 amide bonds. The summed E-state index contributed by atoms with van der Waals surface area (Å²) >= 11 is 5.20. The minimum absolute atomic E-state index is 0.0790. The number of halogens is 4. The van der Waals surface area contributed by atoms with Gasteiger partial charge in [-0.1, -0.05) is 0 Å². The standard InChI is InChI=1S/C11H7ClF3NO2S/c1-18-10(17)8-3-7(19-11(13,14)15)2-6(5-16)9(8)4-12/h2-3H,4H2,1H3. The first-order chi connectivity index (χ1) is 8.82. The number of hydrogen-bond acceptors (Lipinski definition) is 4. The van der Waals surface area contributed by atoms with E-state index in [1.807, 2.05) is 0 Å². The Morgan fingerprint density at radius 1 is 1.53 bits per heavy atom. The van der Waals surface area contributed by atoms with Gasteiger partial charge in [-0.3, -0.25) is 0 Å². The van der Waals surface area contributed by atoms with E-state index in [2.05, 4.69) is 4.74 Å². The van der Waals surface area contributed by atoms with Crippen molar-refractivity contribution >= 4 is 29.3 Å². The summed E-state index contributed by atoms with van der Waals surface area (Å²) in [6.45, 7) is 0. The number of esters is 1. The fraction of sp³-hybridized carbons (Fsp3) is 0.273. The molecule has 0 aliphatic rings. The van der Waals surface area contributed by atoms with Gasteiger partial charge in [-0.25, -0.2) is 4.79 Å². The van der Waals surface area contributed by atoms with Crippen LogP contribution >= 0.6 is 23.4 Å². The first kappa shape index (κ1) is 15.7. The van der Waals surface area contributed by atoms with Crippen LogP contribution in [0.15, 0.2) is 17.0 Å². The second-order valence-corrected chi connectivity index (χ2v) is 4.69. The van der Waals surface area contributed by atoms with Crippen molar-refractivity contribution in [1.82, 2.24) is 0 Å². The van der Waals surface area contributed by atoms with E-state index in [1.54, 1.807) is 6.07 Å². The molecule has 1 rings (SSSR count). The van der Waals surface area contributed by atoms with Gasteiger partial charge in [-0.05, 0) is 29.5 Å². The van der Waals surface area contributed by atoms with E-state index in [-0.39, 0.29) is 27.5 Å². The number of thioether (sulfide) groups is 1. The third kappa shape index (κ3) is 4.04. The zero-order valence-electron chi connectivity index (χ0n) is 9.55. The summed E-state index contributed by atoms with van der Waals surface area (Å²) in [5.41, 5.74) is -4.57. The Morgan fingerprint density at radius 3 is 2.58 bits per heavy atom. The van der Waals surface area contributed by atoms with E-state index < -0.39 is 23.2 Å². The van der Waals surface area contributed by atoms with Crippen LogP contribution < -0.4 is 0 Å². The summed E-state index contributed by atoms with van der Waals surface area (Å²) < 4.78 is 41.4. The minimum atomic E-state index is -4.51. The van der Waals surface area contributed by atoms with E-state index in [0.717, 1.165) is 19.2 Å². The summed E-state index contributed by atoms with van der Waals surface area (Å²) in [6.07, 6.45) is 0. The number of carbonyl (C=O) groups excluding carboxylic acids is 1. The molecule has 0 spiro atoms. The number of benzene rings is 1. The number of methoxy groups -OCH3 is 1. The van der Waals surface area contributed by atoms with Crippen molar-refractivity contribution in [3.8, 4) is 6.07 Å². The Morgan fingerprint density at radius 2 is 2.16 bits per heavy atom. The summed E-state index contributed by atoms with van der Waals surface area (Å²) in [5, 5.41) is 8.90. The molecular formula is C11H7ClF3NO2S. The third-order valence-electron chi connectivity index (χ3n) is 2.12. The van der Waals surface area contributed by atoms with Crippen molar-refractivity contribution in [3.63, 3.8) is 0 Å². The molecule has 0 radical (unpaired) electrons. The summed E-state index contributed by atoms with van der Waals surface area (Å²) in [7, 11) is 1.09. The smallest absolute Gasteiger partial charge is 0.446 e. The minimum Gasteiger partial charge on any atom is -0.465 e. The van der Waals surface area contributed by atoms with Crippen LogP contribution in [0.3, 0.4) is 0 Å². The zero-order chi connectivity index (χ0) is 14.6. The number of alkyl halides is 4. The second kappa shape index (κ2) is 6.17. The largest absolute Gasteiger partial charge is 0.465 e. The van der Waals surface area contributed by atoms with Crippen molar-refractivity contribution in [1.29, 1.82) is 5.26 Å². The molecular weight excluding hydrogens is 303 g/mol.